The van der Waals surface area contributed by atoms with Crippen LogP contribution in [0.25, 0.3) is 0 Å². The highest BCUT2D eigenvalue weighted by Crippen LogP contribution is 2.36. The molecule has 1 aromatic carbocycles. The van der Waals surface area contributed by atoms with E-state index in [2.05, 4.69) is 22.9 Å². The lowest BCUT2D eigenvalue weighted by molar-refractivity contribution is 0.169. The number of hydrogen-bond donors (Lipinski definition) is 1. The van der Waals surface area contributed by atoms with Gasteiger partial charge in [-0.1, -0.05) is 13.0 Å². The summed E-state index contributed by atoms with van der Waals surface area (Å²) in [4.78, 5) is 0. The molecule has 106 valence electrons. The zero-order chi connectivity index (χ0) is 13.8. The number of aliphatic hydroxyl groups excluding tert-OH is 1. The Bertz CT molecular complexity index is 430. The van der Waals surface area contributed by atoms with Gasteiger partial charge in [-0.25, -0.2) is 4.39 Å². The maximum Gasteiger partial charge on any atom is 0.137 e. The number of aliphatic hydroxyl groups is 1. The van der Waals surface area contributed by atoms with Crippen LogP contribution in [0.5, 0.6) is 0 Å². The quantitative estimate of drug-likeness (QED) is 0.867. The SMILES string of the molecule is CCC1SCCSC1C(O)Cc1ccc(F)c(Br)c1. The number of halogens is 2. The molecule has 1 N–H and O–H groups in total. The molecule has 0 saturated carbocycles. The molecule has 0 bridgehead atoms. The van der Waals surface area contributed by atoms with Gasteiger partial charge in [0, 0.05) is 22.0 Å². The van der Waals surface area contributed by atoms with Gasteiger partial charge in [0.1, 0.15) is 5.82 Å². The largest absolute Gasteiger partial charge is 0.392 e. The molecule has 5 heteroatoms. The second kappa shape index (κ2) is 7.34. The summed E-state index contributed by atoms with van der Waals surface area (Å²) >= 11 is 7.03. The van der Waals surface area contributed by atoms with Crippen LogP contribution >= 0.6 is 39.5 Å². The minimum atomic E-state index is -0.361. The summed E-state index contributed by atoms with van der Waals surface area (Å²) in [5.74, 6) is 2.03. The van der Waals surface area contributed by atoms with Gasteiger partial charge in [0.05, 0.1) is 10.6 Å². The van der Waals surface area contributed by atoms with E-state index < -0.39 is 0 Å². The van der Waals surface area contributed by atoms with E-state index in [1.807, 2.05) is 23.5 Å². The molecule has 3 unspecified atom stereocenters. The summed E-state index contributed by atoms with van der Waals surface area (Å²) in [7, 11) is 0. The molecule has 0 aromatic heterocycles. The zero-order valence-electron chi connectivity index (χ0n) is 10.8. The average Bonchev–Trinajstić information content (AvgIpc) is 2.43. The lowest BCUT2D eigenvalue weighted by Gasteiger charge is -2.33. The summed E-state index contributed by atoms with van der Waals surface area (Å²) in [6.07, 6.45) is 1.32. The molecule has 1 heterocycles. The Morgan fingerprint density at radius 1 is 1.42 bits per heavy atom. The van der Waals surface area contributed by atoms with Gasteiger partial charge < -0.3 is 5.11 Å². The molecule has 1 fully saturated rings. The fourth-order valence-corrected chi connectivity index (χ4v) is 5.89. The standard InChI is InChI=1S/C14H18BrFOS2/c1-2-13-14(19-6-5-18-13)12(17)8-9-3-4-11(16)10(15)7-9/h3-4,7,12-14,17H,2,5-6,8H2,1H3. The fourth-order valence-electron chi connectivity index (χ4n) is 2.32. The fraction of sp³-hybridized carbons (Fsp3) is 0.571. The predicted octanol–water partition coefficient (Wildman–Crippen LogP) is 4.12. The van der Waals surface area contributed by atoms with Crippen molar-refractivity contribution >= 4 is 39.5 Å². The average molecular weight is 365 g/mol. The van der Waals surface area contributed by atoms with Crippen molar-refractivity contribution in [1.29, 1.82) is 0 Å². The van der Waals surface area contributed by atoms with E-state index in [9.17, 15) is 9.50 Å². The number of benzene rings is 1. The lowest BCUT2D eigenvalue weighted by Crippen LogP contribution is -2.37. The van der Waals surface area contributed by atoms with Crippen LogP contribution in [0.1, 0.15) is 18.9 Å². The molecular weight excluding hydrogens is 347 g/mol. The molecule has 0 spiro atoms. The van der Waals surface area contributed by atoms with Gasteiger partial charge in [-0.2, -0.15) is 23.5 Å². The van der Waals surface area contributed by atoms with E-state index in [1.165, 1.54) is 11.8 Å². The van der Waals surface area contributed by atoms with Crippen LogP contribution in [0.15, 0.2) is 22.7 Å². The van der Waals surface area contributed by atoms with Crippen molar-refractivity contribution in [3.05, 3.63) is 34.1 Å². The van der Waals surface area contributed by atoms with E-state index >= 15 is 0 Å². The molecule has 3 atom stereocenters. The Hall–Kier alpha value is 0.290. The molecule has 0 aliphatic carbocycles. The number of rotatable bonds is 4. The number of hydrogen-bond acceptors (Lipinski definition) is 3. The van der Waals surface area contributed by atoms with Gasteiger partial charge in [0.2, 0.25) is 0 Å². The van der Waals surface area contributed by atoms with Crippen molar-refractivity contribution in [2.24, 2.45) is 0 Å². The summed E-state index contributed by atoms with van der Waals surface area (Å²) in [5.41, 5.74) is 0.979. The van der Waals surface area contributed by atoms with E-state index in [0.717, 1.165) is 17.7 Å². The van der Waals surface area contributed by atoms with E-state index in [0.29, 0.717) is 16.1 Å². The molecule has 1 aliphatic rings. The zero-order valence-corrected chi connectivity index (χ0v) is 14.0. The Balaban J connectivity index is 2.02. The van der Waals surface area contributed by atoms with Crippen LogP contribution in [0, 0.1) is 5.82 Å². The topological polar surface area (TPSA) is 20.2 Å². The van der Waals surface area contributed by atoms with Gasteiger partial charge in [-0.3, -0.25) is 0 Å². The molecule has 19 heavy (non-hydrogen) atoms. The first kappa shape index (κ1) is 15.7. The van der Waals surface area contributed by atoms with Crippen molar-refractivity contribution in [2.75, 3.05) is 11.5 Å². The Labute approximate surface area is 130 Å². The van der Waals surface area contributed by atoms with Gasteiger partial charge in [0.15, 0.2) is 0 Å². The monoisotopic (exact) mass is 364 g/mol. The first-order chi connectivity index (χ1) is 9.11. The first-order valence-corrected chi connectivity index (χ1v) is 9.36. The predicted molar refractivity (Wildman–Crippen MR) is 86.6 cm³/mol. The molecule has 1 nitrogen and oxygen atoms in total. The molecule has 1 saturated heterocycles. The van der Waals surface area contributed by atoms with Crippen LogP contribution in [0.3, 0.4) is 0 Å². The van der Waals surface area contributed by atoms with Crippen molar-refractivity contribution in [3.8, 4) is 0 Å². The Morgan fingerprint density at radius 2 is 2.16 bits per heavy atom. The highest BCUT2D eigenvalue weighted by atomic mass is 79.9. The second-order valence-electron chi connectivity index (χ2n) is 4.67. The van der Waals surface area contributed by atoms with Gasteiger partial charge in [0.25, 0.3) is 0 Å². The van der Waals surface area contributed by atoms with Crippen LogP contribution in [-0.2, 0) is 6.42 Å². The van der Waals surface area contributed by atoms with Crippen molar-refractivity contribution < 1.29 is 9.50 Å². The van der Waals surface area contributed by atoms with E-state index in [4.69, 9.17) is 0 Å². The van der Waals surface area contributed by atoms with E-state index in [-0.39, 0.29) is 17.2 Å². The third kappa shape index (κ3) is 4.13. The van der Waals surface area contributed by atoms with Crippen LogP contribution in [0.2, 0.25) is 0 Å². The molecule has 0 amide bonds. The lowest BCUT2D eigenvalue weighted by atomic mass is 10.0. The van der Waals surface area contributed by atoms with E-state index in [1.54, 1.807) is 12.1 Å². The van der Waals surface area contributed by atoms with Crippen LogP contribution in [-0.4, -0.2) is 33.2 Å². The van der Waals surface area contributed by atoms with Crippen molar-refractivity contribution in [3.63, 3.8) is 0 Å². The summed E-state index contributed by atoms with van der Waals surface area (Å²) in [6, 6.07) is 4.97. The summed E-state index contributed by atoms with van der Waals surface area (Å²) in [6.45, 7) is 2.18. The molecule has 2 rings (SSSR count). The van der Waals surface area contributed by atoms with Gasteiger partial charge in [-0.15, -0.1) is 0 Å². The molecule has 0 radical (unpaired) electrons. The smallest absolute Gasteiger partial charge is 0.137 e. The maximum absolute atomic E-state index is 13.2. The normalized spacial score (nSPS) is 25.3. The van der Waals surface area contributed by atoms with Gasteiger partial charge >= 0.3 is 0 Å². The molecular formula is C14H18BrFOS2. The van der Waals surface area contributed by atoms with Crippen molar-refractivity contribution in [2.45, 2.75) is 36.4 Å². The number of thioether (sulfide) groups is 2. The molecule has 1 aromatic rings. The summed E-state index contributed by atoms with van der Waals surface area (Å²) in [5, 5.41) is 11.3. The Kier molecular flexibility index (Phi) is 6.06. The van der Waals surface area contributed by atoms with Gasteiger partial charge in [-0.05, 0) is 46.5 Å². The van der Waals surface area contributed by atoms with Crippen molar-refractivity contribution in [1.82, 2.24) is 0 Å². The summed E-state index contributed by atoms with van der Waals surface area (Å²) < 4.78 is 13.7. The highest BCUT2D eigenvalue weighted by Gasteiger charge is 2.30. The van der Waals surface area contributed by atoms with Crippen LogP contribution in [0.4, 0.5) is 4.39 Å². The minimum absolute atomic E-state index is 0.257. The maximum atomic E-state index is 13.2. The highest BCUT2D eigenvalue weighted by molar-refractivity contribution is 9.10. The third-order valence-corrected chi connectivity index (χ3v) is 7.30. The minimum Gasteiger partial charge on any atom is -0.392 e. The third-order valence-electron chi connectivity index (χ3n) is 3.30. The van der Waals surface area contributed by atoms with Crippen LogP contribution < -0.4 is 0 Å². The Morgan fingerprint density at radius 3 is 2.84 bits per heavy atom. The first-order valence-electron chi connectivity index (χ1n) is 6.47. The second-order valence-corrected chi connectivity index (χ2v) is 8.16. The molecule has 1 aliphatic heterocycles.